The Morgan fingerprint density at radius 2 is 2.31 bits per heavy atom. The van der Waals surface area contributed by atoms with Crippen LogP contribution in [0.4, 0.5) is 4.39 Å². The summed E-state index contributed by atoms with van der Waals surface area (Å²) in [7, 11) is 0. The molecule has 1 heterocycles. The van der Waals surface area contributed by atoms with E-state index in [1.165, 1.54) is 6.07 Å². The van der Waals surface area contributed by atoms with Crippen molar-refractivity contribution in [3.63, 3.8) is 0 Å². The van der Waals surface area contributed by atoms with Crippen LogP contribution in [0.15, 0.2) is 12.1 Å². The summed E-state index contributed by atoms with van der Waals surface area (Å²) in [6.07, 6.45) is 0. The van der Waals surface area contributed by atoms with Gasteiger partial charge in [-0.05, 0) is 19.1 Å². The van der Waals surface area contributed by atoms with Crippen LogP contribution in [-0.2, 0) is 0 Å². The van der Waals surface area contributed by atoms with Crippen molar-refractivity contribution in [2.45, 2.75) is 6.92 Å². The number of nitrogens with zero attached hydrogens (tertiary/aromatic N) is 2. The molecule has 2 rings (SSSR count). The highest BCUT2D eigenvalue weighted by atomic mass is 19.1. The van der Waals surface area contributed by atoms with Crippen LogP contribution in [0.3, 0.4) is 0 Å². The van der Waals surface area contributed by atoms with Gasteiger partial charge in [-0.3, -0.25) is 5.10 Å². The van der Waals surface area contributed by atoms with E-state index in [0.29, 0.717) is 16.6 Å². The molecule has 0 aliphatic carbocycles. The summed E-state index contributed by atoms with van der Waals surface area (Å²) in [6.45, 7) is 1.76. The van der Waals surface area contributed by atoms with Crippen LogP contribution < -0.4 is 0 Å². The Morgan fingerprint density at radius 3 is 3.00 bits per heavy atom. The molecule has 0 amide bonds. The molecule has 13 heavy (non-hydrogen) atoms. The van der Waals surface area contributed by atoms with Gasteiger partial charge in [0.15, 0.2) is 0 Å². The van der Waals surface area contributed by atoms with Gasteiger partial charge in [-0.15, -0.1) is 0 Å². The van der Waals surface area contributed by atoms with E-state index < -0.39 is 5.82 Å². The third-order valence-electron chi connectivity index (χ3n) is 1.96. The van der Waals surface area contributed by atoms with E-state index >= 15 is 0 Å². The minimum absolute atomic E-state index is 0.0590. The average Bonchev–Trinajstić information content (AvgIpc) is 2.49. The number of H-pyrrole nitrogens is 1. The number of hydrogen-bond acceptors (Lipinski definition) is 2. The molecule has 0 unspecified atom stereocenters. The lowest BCUT2D eigenvalue weighted by molar-refractivity contribution is 0.626. The minimum Gasteiger partial charge on any atom is -0.282 e. The Labute approximate surface area is 73.8 Å². The lowest BCUT2D eigenvalue weighted by Gasteiger charge is -1.94. The number of halogens is 1. The smallest absolute Gasteiger partial charge is 0.141 e. The largest absolute Gasteiger partial charge is 0.282 e. The standard InChI is InChI=1S/C9H6FN3/c1-5-9-6(4-11)7(10)2-3-8(9)13-12-5/h2-3H,1H3,(H,12,13). The summed E-state index contributed by atoms with van der Waals surface area (Å²) in [5, 5.41) is 15.9. The SMILES string of the molecule is Cc1[nH]nc2ccc(F)c(C#N)c12. The van der Waals surface area contributed by atoms with Gasteiger partial charge in [-0.25, -0.2) is 4.39 Å². The Morgan fingerprint density at radius 1 is 1.54 bits per heavy atom. The number of aryl methyl sites for hydroxylation is 1. The predicted octanol–water partition coefficient (Wildman–Crippen LogP) is 1.88. The zero-order chi connectivity index (χ0) is 9.42. The van der Waals surface area contributed by atoms with Crippen LogP contribution in [0.25, 0.3) is 10.9 Å². The number of benzene rings is 1. The highest BCUT2D eigenvalue weighted by Crippen LogP contribution is 2.21. The first-order valence-corrected chi connectivity index (χ1v) is 3.77. The van der Waals surface area contributed by atoms with Gasteiger partial charge in [0.25, 0.3) is 0 Å². The molecule has 3 nitrogen and oxygen atoms in total. The molecule has 0 saturated carbocycles. The van der Waals surface area contributed by atoms with E-state index in [1.54, 1.807) is 13.0 Å². The van der Waals surface area contributed by atoms with Gasteiger partial charge in [0.05, 0.1) is 11.1 Å². The Bertz CT molecular complexity index is 507. The fourth-order valence-corrected chi connectivity index (χ4v) is 1.35. The number of nitrogens with one attached hydrogen (secondary N) is 1. The van der Waals surface area contributed by atoms with Crippen molar-refractivity contribution in [1.29, 1.82) is 5.26 Å². The van der Waals surface area contributed by atoms with Gasteiger partial charge < -0.3 is 0 Å². The maximum Gasteiger partial charge on any atom is 0.141 e. The van der Waals surface area contributed by atoms with Gasteiger partial charge in [-0.2, -0.15) is 10.4 Å². The van der Waals surface area contributed by atoms with Gasteiger partial charge in [0.2, 0.25) is 0 Å². The zero-order valence-corrected chi connectivity index (χ0v) is 6.93. The van der Waals surface area contributed by atoms with Crippen molar-refractivity contribution in [3.05, 3.63) is 29.2 Å². The second kappa shape index (κ2) is 2.56. The van der Waals surface area contributed by atoms with Crippen LogP contribution in [0.2, 0.25) is 0 Å². The fourth-order valence-electron chi connectivity index (χ4n) is 1.35. The van der Waals surface area contributed by atoms with Crippen LogP contribution in [-0.4, -0.2) is 10.2 Å². The third kappa shape index (κ3) is 0.975. The van der Waals surface area contributed by atoms with Gasteiger partial charge in [0, 0.05) is 11.1 Å². The second-order valence-electron chi connectivity index (χ2n) is 2.78. The quantitative estimate of drug-likeness (QED) is 0.664. The maximum atomic E-state index is 13.1. The van der Waals surface area contributed by atoms with Crippen molar-refractivity contribution in [2.75, 3.05) is 0 Å². The summed E-state index contributed by atoms with van der Waals surface area (Å²) in [6, 6.07) is 4.63. The molecule has 4 heteroatoms. The highest BCUT2D eigenvalue weighted by molar-refractivity contribution is 5.87. The van der Waals surface area contributed by atoms with E-state index in [4.69, 9.17) is 5.26 Å². The number of hydrogen-bond donors (Lipinski definition) is 1. The normalized spacial score (nSPS) is 10.2. The average molecular weight is 175 g/mol. The first kappa shape index (κ1) is 7.74. The molecule has 1 N–H and O–H groups in total. The topological polar surface area (TPSA) is 52.5 Å². The lowest BCUT2D eigenvalue weighted by atomic mass is 10.1. The lowest BCUT2D eigenvalue weighted by Crippen LogP contribution is -1.85. The van der Waals surface area contributed by atoms with Gasteiger partial charge in [0.1, 0.15) is 11.9 Å². The van der Waals surface area contributed by atoms with E-state index in [0.717, 1.165) is 0 Å². The molecular formula is C9H6FN3. The number of aromatic amines is 1. The number of aromatic nitrogens is 2. The fraction of sp³-hybridized carbons (Fsp3) is 0.111. The van der Waals surface area contributed by atoms with Crippen LogP contribution in [0, 0.1) is 24.1 Å². The first-order valence-electron chi connectivity index (χ1n) is 3.77. The van der Waals surface area contributed by atoms with Crippen LogP contribution in [0.5, 0.6) is 0 Å². The van der Waals surface area contributed by atoms with E-state index in [2.05, 4.69) is 10.2 Å². The van der Waals surface area contributed by atoms with Crippen molar-refractivity contribution >= 4 is 10.9 Å². The van der Waals surface area contributed by atoms with Crippen molar-refractivity contribution in [3.8, 4) is 6.07 Å². The highest BCUT2D eigenvalue weighted by Gasteiger charge is 2.10. The summed E-state index contributed by atoms with van der Waals surface area (Å²) in [5.41, 5.74) is 1.39. The third-order valence-corrected chi connectivity index (χ3v) is 1.96. The summed E-state index contributed by atoms with van der Waals surface area (Å²) in [4.78, 5) is 0. The van der Waals surface area contributed by atoms with E-state index in [9.17, 15) is 4.39 Å². The number of nitriles is 1. The molecule has 0 aliphatic heterocycles. The summed E-state index contributed by atoms with van der Waals surface area (Å²) >= 11 is 0. The monoisotopic (exact) mass is 175 g/mol. The Balaban J connectivity index is 2.99. The molecule has 0 radical (unpaired) electrons. The second-order valence-corrected chi connectivity index (χ2v) is 2.78. The molecule has 2 aromatic rings. The molecule has 1 aromatic heterocycles. The number of rotatable bonds is 0. The molecule has 64 valence electrons. The molecule has 0 bridgehead atoms. The van der Waals surface area contributed by atoms with Gasteiger partial charge >= 0.3 is 0 Å². The molecule has 1 aromatic carbocycles. The van der Waals surface area contributed by atoms with Crippen LogP contribution in [0.1, 0.15) is 11.3 Å². The molecule has 0 aliphatic rings. The van der Waals surface area contributed by atoms with Crippen molar-refractivity contribution in [2.24, 2.45) is 0 Å². The van der Waals surface area contributed by atoms with E-state index in [1.807, 2.05) is 6.07 Å². The van der Waals surface area contributed by atoms with Crippen LogP contribution >= 0.6 is 0 Å². The van der Waals surface area contributed by atoms with Crippen molar-refractivity contribution < 1.29 is 4.39 Å². The molecular weight excluding hydrogens is 169 g/mol. The number of fused-ring (bicyclic) bond motifs is 1. The predicted molar refractivity (Wildman–Crippen MR) is 45.5 cm³/mol. The Kier molecular flexibility index (Phi) is 1.52. The minimum atomic E-state index is -0.500. The van der Waals surface area contributed by atoms with Gasteiger partial charge in [-0.1, -0.05) is 0 Å². The molecule has 0 atom stereocenters. The summed E-state index contributed by atoms with van der Waals surface area (Å²) < 4.78 is 13.1. The zero-order valence-electron chi connectivity index (χ0n) is 6.93. The summed E-state index contributed by atoms with van der Waals surface area (Å²) in [5.74, 6) is -0.500. The van der Waals surface area contributed by atoms with E-state index in [-0.39, 0.29) is 5.56 Å². The molecule has 0 saturated heterocycles. The molecule has 0 spiro atoms. The molecule has 0 fully saturated rings. The first-order chi connectivity index (χ1) is 6.24. The van der Waals surface area contributed by atoms with Crippen molar-refractivity contribution in [1.82, 2.24) is 10.2 Å². The maximum absolute atomic E-state index is 13.1. The Hall–Kier alpha value is -1.89.